The van der Waals surface area contributed by atoms with E-state index in [-0.39, 0.29) is 24.5 Å². The summed E-state index contributed by atoms with van der Waals surface area (Å²) in [7, 11) is 1.75. The second kappa shape index (κ2) is 8.71. The number of hydrogen-bond donors (Lipinski definition) is 1. The number of likely N-dealkylation sites (tertiary alicyclic amines) is 2. The summed E-state index contributed by atoms with van der Waals surface area (Å²) in [4.78, 5) is 17.6. The van der Waals surface area contributed by atoms with Crippen molar-refractivity contribution in [2.75, 3.05) is 40.0 Å². The van der Waals surface area contributed by atoms with Crippen molar-refractivity contribution < 1.29 is 19.2 Å². The molecule has 3 rings (SSSR count). The van der Waals surface area contributed by atoms with Crippen LogP contribution in [0.1, 0.15) is 48.0 Å². The lowest BCUT2D eigenvalue weighted by Crippen LogP contribution is -2.45. The van der Waals surface area contributed by atoms with E-state index in [1.165, 1.54) is 6.42 Å². The zero-order chi connectivity index (χ0) is 19.6. The van der Waals surface area contributed by atoms with E-state index in [9.17, 15) is 9.90 Å². The van der Waals surface area contributed by atoms with E-state index in [2.05, 4.69) is 17.0 Å². The van der Waals surface area contributed by atoms with Crippen LogP contribution in [0.5, 0.6) is 0 Å². The van der Waals surface area contributed by atoms with Gasteiger partial charge in [-0.05, 0) is 45.1 Å². The van der Waals surface area contributed by atoms with Crippen LogP contribution < -0.4 is 0 Å². The normalized spacial score (nSPS) is 29.0. The number of aryl methyl sites for hydroxylation is 2. The van der Waals surface area contributed by atoms with Gasteiger partial charge in [0.2, 0.25) is 0 Å². The molecule has 2 aliphatic heterocycles. The van der Waals surface area contributed by atoms with Crippen LogP contribution in [0.25, 0.3) is 0 Å². The van der Waals surface area contributed by atoms with Crippen LogP contribution in [-0.4, -0.2) is 78.0 Å². The van der Waals surface area contributed by atoms with Gasteiger partial charge in [0.25, 0.3) is 5.91 Å². The molecule has 0 radical (unpaired) electrons. The topological polar surface area (TPSA) is 79.0 Å². The van der Waals surface area contributed by atoms with Crippen molar-refractivity contribution in [1.82, 2.24) is 15.0 Å². The predicted octanol–water partition coefficient (Wildman–Crippen LogP) is 1.86. The first kappa shape index (κ1) is 20.3. The Labute approximate surface area is 161 Å². The fourth-order valence-corrected chi connectivity index (χ4v) is 4.96. The number of carbonyl (C=O) groups excluding carboxylic acids is 1. The Morgan fingerprint density at radius 1 is 1.41 bits per heavy atom. The Hall–Kier alpha value is -1.44. The van der Waals surface area contributed by atoms with Crippen LogP contribution in [-0.2, 0) is 4.74 Å². The number of aliphatic hydroxyl groups is 1. The monoisotopic (exact) mass is 379 g/mol. The van der Waals surface area contributed by atoms with Crippen molar-refractivity contribution in [2.45, 2.75) is 52.1 Å². The van der Waals surface area contributed by atoms with E-state index >= 15 is 0 Å². The summed E-state index contributed by atoms with van der Waals surface area (Å²) in [6.07, 6.45) is 3.33. The Balaban J connectivity index is 1.79. The average Bonchev–Trinajstić information content (AvgIpc) is 3.33. The molecular formula is C20H33N3O4. The number of methoxy groups -OCH3 is 1. The van der Waals surface area contributed by atoms with E-state index in [0.29, 0.717) is 35.5 Å². The molecule has 3 heterocycles. The number of amides is 1. The molecule has 0 unspecified atom stereocenters. The number of aromatic nitrogens is 1. The number of rotatable bonds is 7. The van der Waals surface area contributed by atoms with Crippen molar-refractivity contribution in [3.63, 3.8) is 0 Å². The molecule has 27 heavy (non-hydrogen) atoms. The highest BCUT2D eigenvalue weighted by atomic mass is 16.5. The quantitative estimate of drug-likeness (QED) is 0.779. The molecule has 2 aliphatic rings. The minimum atomic E-state index is -0.167. The third-order valence-corrected chi connectivity index (χ3v) is 6.45. The summed E-state index contributed by atoms with van der Waals surface area (Å²) in [6.45, 7) is 9.12. The lowest BCUT2D eigenvalue weighted by Gasteiger charge is -2.32. The smallest absolute Gasteiger partial charge is 0.259 e. The molecule has 0 aromatic carbocycles. The van der Waals surface area contributed by atoms with E-state index in [1.54, 1.807) is 21.0 Å². The summed E-state index contributed by atoms with van der Waals surface area (Å²) < 4.78 is 10.6. The molecule has 152 valence electrons. The lowest BCUT2D eigenvalue weighted by atomic mass is 9.88. The number of ether oxygens (including phenoxy) is 1. The standard InChI is InChI=1S/C20H33N3O4/c1-5-15-9-23(20(25)19-13(2)21-27-14(19)3)18(11-24)17(15)10-22-8-6-7-16(22)12-26-4/h15-18,24H,5-12H2,1-4H3/t15-,16-,17-,18-/m1/s1. The highest BCUT2D eigenvalue weighted by molar-refractivity contribution is 5.96. The molecule has 1 N–H and O–H groups in total. The summed E-state index contributed by atoms with van der Waals surface area (Å²) in [5.41, 5.74) is 1.16. The average molecular weight is 380 g/mol. The van der Waals surface area contributed by atoms with Gasteiger partial charge in [-0.15, -0.1) is 0 Å². The van der Waals surface area contributed by atoms with Crippen molar-refractivity contribution in [2.24, 2.45) is 11.8 Å². The van der Waals surface area contributed by atoms with Crippen molar-refractivity contribution in [3.8, 4) is 0 Å². The first-order valence-electron chi connectivity index (χ1n) is 10.1. The molecule has 0 bridgehead atoms. The predicted molar refractivity (Wildman–Crippen MR) is 102 cm³/mol. The Kier molecular flexibility index (Phi) is 6.55. The number of hydrogen-bond acceptors (Lipinski definition) is 6. The van der Waals surface area contributed by atoms with Crippen LogP contribution in [0, 0.1) is 25.7 Å². The van der Waals surface area contributed by atoms with E-state index in [0.717, 1.165) is 32.5 Å². The largest absolute Gasteiger partial charge is 0.394 e. The molecule has 7 nitrogen and oxygen atoms in total. The number of aliphatic hydroxyl groups excluding tert-OH is 1. The van der Waals surface area contributed by atoms with Gasteiger partial charge >= 0.3 is 0 Å². The van der Waals surface area contributed by atoms with Gasteiger partial charge in [0.15, 0.2) is 0 Å². The van der Waals surface area contributed by atoms with Gasteiger partial charge in [-0.25, -0.2) is 0 Å². The molecular weight excluding hydrogens is 346 g/mol. The van der Waals surface area contributed by atoms with E-state index in [1.807, 2.05) is 4.90 Å². The molecule has 7 heteroatoms. The second-order valence-corrected chi connectivity index (χ2v) is 7.99. The maximum atomic E-state index is 13.2. The fourth-order valence-electron chi connectivity index (χ4n) is 4.96. The zero-order valence-corrected chi connectivity index (χ0v) is 17.0. The van der Waals surface area contributed by atoms with Crippen LogP contribution in [0.4, 0.5) is 0 Å². The minimum Gasteiger partial charge on any atom is -0.394 e. The number of nitrogens with zero attached hydrogens (tertiary/aromatic N) is 3. The summed E-state index contributed by atoms with van der Waals surface area (Å²) in [6, 6.07) is 0.277. The van der Waals surface area contributed by atoms with Gasteiger partial charge in [0.05, 0.1) is 24.9 Å². The van der Waals surface area contributed by atoms with Gasteiger partial charge in [-0.2, -0.15) is 0 Å². The number of carbonyl (C=O) groups is 1. The molecule has 2 saturated heterocycles. The maximum Gasteiger partial charge on any atom is 0.259 e. The Bertz CT molecular complexity index is 628. The molecule has 1 aromatic heterocycles. The molecule has 0 saturated carbocycles. The van der Waals surface area contributed by atoms with Crippen molar-refractivity contribution in [1.29, 1.82) is 0 Å². The molecule has 1 aromatic rings. The van der Waals surface area contributed by atoms with Crippen LogP contribution in [0.2, 0.25) is 0 Å². The third-order valence-electron chi connectivity index (χ3n) is 6.45. The highest BCUT2D eigenvalue weighted by Gasteiger charge is 2.45. The molecule has 1 amide bonds. The minimum absolute atomic E-state index is 0.0148. The maximum absolute atomic E-state index is 13.2. The summed E-state index contributed by atoms with van der Waals surface area (Å²) in [5.74, 6) is 1.13. The van der Waals surface area contributed by atoms with Gasteiger partial charge in [-0.3, -0.25) is 9.69 Å². The highest BCUT2D eigenvalue weighted by Crippen LogP contribution is 2.36. The molecule has 2 fully saturated rings. The first-order chi connectivity index (χ1) is 13.0. The van der Waals surface area contributed by atoms with Gasteiger partial charge in [0, 0.05) is 26.2 Å². The van der Waals surface area contributed by atoms with Crippen molar-refractivity contribution >= 4 is 5.91 Å². The van der Waals surface area contributed by atoms with Crippen LogP contribution in [0.3, 0.4) is 0 Å². The molecule has 4 atom stereocenters. The van der Waals surface area contributed by atoms with Gasteiger partial charge < -0.3 is 19.3 Å². The van der Waals surface area contributed by atoms with Crippen LogP contribution >= 0.6 is 0 Å². The van der Waals surface area contributed by atoms with Gasteiger partial charge in [-0.1, -0.05) is 18.5 Å². The summed E-state index contributed by atoms with van der Waals surface area (Å²) >= 11 is 0. The zero-order valence-electron chi connectivity index (χ0n) is 17.0. The SMILES string of the molecule is CC[C@@H]1CN(C(=O)c2c(C)noc2C)[C@H](CO)[C@@H]1CN1CCC[C@@H]1COC. The molecule has 0 aliphatic carbocycles. The van der Waals surface area contributed by atoms with Gasteiger partial charge in [0.1, 0.15) is 11.3 Å². The molecule has 0 spiro atoms. The summed E-state index contributed by atoms with van der Waals surface area (Å²) in [5, 5.41) is 14.1. The fraction of sp³-hybridized carbons (Fsp3) is 0.800. The van der Waals surface area contributed by atoms with Crippen LogP contribution in [0.15, 0.2) is 4.52 Å². The first-order valence-corrected chi connectivity index (χ1v) is 10.1. The third kappa shape index (κ3) is 3.91. The Morgan fingerprint density at radius 3 is 2.78 bits per heavy atom. The van der Waals surface area contributed by atoms with Crippen molar-refractivity contribution in [3.05, 3.63) is 17.0 Å². The van der Waals surface area contributed by atoms with E-state index < -0.39 is 0 Å². The Morgan fingerprint density at radius 2 is 2.19 bits per heavy atom. The van der Waals surface area contributed by atoms with E-state index in [4.69, 9.17) is 9.26 Å². The lowest BCUT2D eigenvalue weighted by molar-refractivity contribution is 0.0576. The second-order valence-electron chi connectivity index (χ2n) is 7.99.